The highest BCUT2D eigenvalue weighted by molar-refractivity contribution is 5.24. The Morgan fingerprint density at radius 1 is 1.47 bits per heavy atom. The summed E-state index contributed by atoms with van der Waals surface area (Å²) in [5, 5.41) is 0. The molecule has 17 heavy (non-hydrogen) atoms. The van der Waals surface area contributed by atoms with Crippen molar-refractivity contribution < 1.29 is 9.47 Å². The van der Waals surface area contributed by atoms with Gasteiger partial charge in [0.05, 0.1) is 19.8 Å². The Labute approximate surface area is 102 Å². The molecule has 1 saturated carbocycles. The number of hydrogen-bond donors (Lipinski definition) is 1. The van der Waals surface area contributed by atoms with Crippen molar-refractivity contribution in [3.05, 3.63) is 23.9 Å². The van der Waals surface area contributed by atoms with Gasteiger partial charge < -0.3 is 15.2 Å². The van der Waals surface area contributed by atoms with E-state index in [1.165, 1.54) is 0 Å². The van der Waals surface area contributed by atoms with Gasteiger partial charge in [0.1, 0.15) is 0 Å². The summed E-state index contributed by atoms with van der Waals surface area (Å²) in [7, 11) is 1.63. The molecule has 0 bridgehead atoms. The van der Waals surface area contributed by atoms with Gasteiger partial charge in [0.2, 0.25) is 5.88 Å². The number of pyridine rings is 1. The van der Waals surface area contributed by atoms with Crippen molar-refractivity contribution in [2.24, 2.45) is 5.73 Å². The number of nitrogens with zero attached hydrogens (tertiary/aromatic N) is 1. The maximum absolute atomic E-state index is 5.93. The van der Waals surface area contributed by atoms with Gasteiger partial charge in [0.25, 0.3) is 0 Å². The first-order valence-electron chi connectivity index (χ1n) is 6.14. The van der Waals surface area contributed by atoms with Crippen molar-refractivity contribution in [1.82, 2.24) is 4.98 Å². The van der Waals surface area contributed by atoms with Crippen LogP contribution in [-0.4, -0.2) is 24.2 Å². The molecule has 2 N–H and O–H groups in total. The van der Waals surface area contributed by atoms with Crippen molar-refractivity contribution >= 4 is 0 Å². The average molecular weight is 236 g/mol. The van der Waals surface area contributed by atoms with Gasteiger partial charge in [-0.25, -0.2) is 4.98 Å². The molecule has 1 aromatic heterocycles. The molecule has 1 aliphatic carbocycles. The quantitative estimate of drug-likeness (QED) is 0.867. The molecule has 1 aromatic rings. The zero-order valence-electron chi connectivity index (χ0n) is 10.3. The van der Waals surface area contributed by atoms with Crippen LogP contribution in [-0.2, 0) is 11.3 Å². The van der Waals surface area contributed by atoms with Crippen LogP contribution >= 0.6 is 0 Å². The van der Waals surface area contributed by atoms with Gasteiger partial charge in [0.15, 0.2) is 0 Å². The van der Waals surface area contributed by atoms with Gasteiger partial charge in [-0.2, -0.15) is 0 Å². The van der Waals surface area contributed by atoms with Crippen LogP contribution in [0.25, 0.3) is 0 Å². The molecular weight excluding hydrogens is 216 g/mol. The molecule has 1 aliphatic rings. The molecule has 1 heterocycles. The normalized spacial score (nSPS) is 24.6. The maximum atomic E-state index is 5.93. The number of hydrogen-bond acceptors (Lipinski definition) is 4. The Morgan fingerprint density at radius 2 is 2.35 bits per heavy atom. The van der Waals surface area contributed by atoms with Crippen LogP contribution in [0.3, 0.4) is 0 Å². The van der Waals surface area contributed by atoms with Gasteiger partial charge in [-0.05, 0) is 37.8 Å². The predicted octanol–water partition coefficient (Wildman–Crippen LogP) is 1.88. The van der Waals surface area contributed by atoms with Crippen LogP contribution in [0.4, 0.5) is 0 Å². The highest BCUT2D eigenvalue weighted by Crippen LogP contribution is 2.22. The molecular formula is C13H20N2O2. The SMILES string of the molecule is COc1ncccc1COC1CCCC(N)C1. The number of rotatable bonds is 4. The number of ether oxygens (including phenoxy) is 2. The smallest absolute Gasteiger partial charge is 0.218 e. The van der Waals surface area contributed by atoms with Crippen LogP contribution in [0.1, 0.15) is 31.2 Å². The zero-order valence-corrected chi connectivity index (χ0v) is 10.3. The summed E-state index contributed by atoms with van der Waals surface area (Å²) < 4.78 is 11.1. The minimum atomic E-state index is 0.281. The van der Waals surface area contributed by atoms with E-state index in [0.29, 0.717) is 18.5 Å². The van der Waals surface area contributed by atoms with E-state index < -0.39 is 0 Å². The fraction of sp³-hybridized carbons (Fsp3) is 0.615. The molecule has 0 aliphatic heterocycles. The fourth-order valence-corrected chi connectivity index (χ4v) is 2.26. The van der Waals surface area contributed by atoms with Crippen molar-refractivity contribution in [1.29, 1.82) is 0 Å². The van der Waals surface area contributed by atoms with E-state index in [1.807, 2.05) is 12.1 Å². The highest BCUT2D eigenvalue weighted by Gasteiger charge is 2.20. The molecule has 0 amide bonds. The lowest BCUT2D eigenvalue weighted by molar-refractivity contribution is 0.0113. The van der Waals surface area contributed by atoms with E-state index in [2.05, 4.69) is 4.98 Å². The number of nitrogens with two attached hydrogens (primary N) is 1. The molecule has 4 nitrogen and oxygen atoms in total. The van der Waals surface area contributed by atoms with Crippen molar-refractivity contribution in [2.75, 3.05) is 7.11 Å². The third-order valence-corrected chi connectivity index (χ3v) is 3.18. The summed E-state index contributed by atoms with van der Waals surface area (Å²) in [6, 6.07) is 4.17. The van der Waals surface area contributed by atoms with Crippen LogP contribution < -0.4 is 10.5 Å². The Kier molecular flexibility index (Phi) is 4.34. The second-order valence-corrected chi connectivity index (χ2v) is 4.53. The van der Waals surface area contributed by atoms with Crippen molar-refractivity contribution in [3.63, 3.8) is 0 Å². The Hall–Kier alpha value is -1.13. The fourth-order valence-electron chi connectivity index (χ4n) is 2.26. The van der Waals surface area contributed by atoms with Crippen molar-refractivity contribution in [2.45, 2.75) is 44.4 Å². The van der Waals surface area contributed by atoms with E-state index in [0.717, 1.165) is 31.2 Å². The molecule has 1 fully saturated rings. The largest absolute Gasteiger partial charge is 0.481 e. The van der Waals surface area contributed by atoms with Crippen LogP contribution in [0.5, 0.6) is 5.88 Å². The van der Waals surface area contributed by atoms with E-state index in [4.69, 9.17) is 15.2 Å². The lowest BCUT2D eigenvalue weighted by Gasteiger charge is -2.26. The number of methoxy groups -OCH3 is 1. The van der Waals surface area contributed by atoms with Gasteiger partial charge >= 0.3 is 0 Å². The van der Waals surface area contributed by atoms with Crippen molar-refractivity contribution in [3.8, 4) is 5.88 Å². The molecule has 2 unspecified atom stereocenters. The second-order valence-electron chi connectivity index (χ2n) is 4.53. The molecule has 0 radical (unpaired) electrons. The van der Waals surface area contributed by atoms with Crippen LogP contribution in [0, 0.1) is 0 Å². The minimum absolute atomic E-state index is 0.281. The molecule has 0 spiro atoms. The second kappa shape index (κ2) is 5.98. The standard InChI is InChI=1S/C13H20N2O2/c1-16-13-10(4-3-7-15-13)9-17-12-6-2-5-11(14)8-12/h3-4,7,11-12H,2,5-6,8-9,14H2,1H3. The summed E-state index contributed by atoms with van der Waals surface area (Å²) in [5.41, 5.74) is 6.93. The minimum Gasteiger partial charge on any atom is -0.481 e. The first-order valence-corrected chi connectivity index (χ1v) is 6.14. The van der Waals surface area contributed by atoms with Gasteiger partial charge in [0, 0.05) is 17.8 Å². The maximum Gasteiger partial charge on any atom is 0.218 e. The third-order valence-electron chi connectivity index (χ3n) is 3.18. The monoisotopic (exact) mass is 236 g/mol. The number of aromatic nitrogens is 1. The van der Waals surface area contributed by atoms with Crippen LogP contribution in [0.15, 0.2) is 18.3 Å². The summed E-state index contributed by atoms with van der Waals surface area (Å²) >= 11 is 0. The Bertz CT molecular complexity index is 357. The zero-order chi connectivity index (χ0) is 12.1. The Morgan fingerprint density at radius 3 is 3.12 bits per heavy atom. The van der Waals surface area contributed by atoms with Gasteiger partial charge in [-0.3, -0.25) is 0 Å². The van der Waals surface area contributed by atoms with Gasteiger partial charge in [-0.1, -0.05) is 0 Å². The topological polar surface area (TPSA) is 57.4 Å². The summed E-state index contributed by atoms with van der Waals surface area (Å²) in [4.78, 5) is 4.15. The summed E-state index contributed by atoms with van der Waals surface area (Å²) in [5.74, 6) is 0.646. The lowest BCUT2D eigenvalue weighted by atomic mass is 9.93. The first kappa shape index (κ1) is 12.3. The molecule has 4 heteroatoms. The predicted molar refractivity (Wildman–Crippen MR) is 65.8 cm³/mol. The van der Waals surface area contributed by atoms with E-state index in [9.17, 15) is 0 Å². The Balaban J connectivity index is 1.88. The highest BCUT2D eigenvalue weighted by atomic mass is 16.5. The van der Waals surface area contributed by atoms with E-state index in [-0.39, 0.29) is 6.10 Å². The average Bonchev–Trinajstić information content (AvgIpc) is 2.37. The van der Waals surface area contributed by atoms with Gasteiger partial charge in [-0.15, -0.1) is 0 Å². The summed E-state index contributed by atoms with van der Waals surface area (Å²) in [6.45, 7) is 0.550. The van der Waals surface area contributed by atoms with Crippen LogP contribution in [0.2, 0.25) is 0 Å². The summed E-state index contributed by atoms with van der Waals surface area (Å²) in [6.07, 6.45) is 6.35. The molecule has 0 aromatic carbocycles. The molecule has 2 rings (SSSR count). The molecule has 0 saturated heterocycles. The first-order chi connectivity index (χ1) is 8.29. The molecule has 2 atom stereocenters. The molecule has 94 valence electrons. The van der Waals surface area contributed by atoms with E-state index >= 15 is 0 Å². The third kappa shape index (κ3) is 3.41. The lowest BCUT2D eigenvalue weighted by Crippen LogP contribution is -2.32. The van der Waals surface area contributed by atoms with E-state index in [1.54, 1.807) is 13.3 Å².